The summed E-state index contributed by atoms with van der Waals surface area (Å²) in [5, 5.41) is 26.2. The van der Waals surface area contributed by atoms with Crippen molar-refractivity contribution >= 4 is 17.4 Å². The van der Waals surface area contributed by atoms with Gasteiger partial charge >= 0.3 is 0 Å². The van der Waals surface area contributed by atoms with Gasteiger partial charge in [-0.05, 0) is 51.0 Å². The number of benzene rings is 1. The number of amides is 1. The molecule has 13 heteroatoms. The molecule has 13 nitrogen and oxygen atoms in total. The Kier molecular flexibility index (Phi) is 10.1. The summed E-state index contributed by atoms with van der Waals surface area (Å²) in [5.74, 6) is -0.822. The van der Waals surface area contributed by atoms with Crippen molar-refractivity contribution in [2.45, 2.75) is 38.9 Å². The SMILES string of the molecule is CCO[C@@H]1OC(C(=O)NCCNc2ccc([N+](=O)[O-])cn2)=C[C@H](c2c(C)n(C)n(-c3ccccc3)c2=O)[C@H]1CCCO. The summed E-state index contributed by atoms with van der Waals surface area (Å²) in [4.78, 5) is 41.4. The number of nitrogens with one attached hydrogen (secondary N) is 2. The summed E-state index contributed by atoms with van der Waals surface area (Å²) in [6, 6.07) is 12.2. The molecule has 0 fully saturated rings. The minimum Gasteiger partial charge on any atom is -0.459 e. The van der Waals surface area contributed by atoms with Crippen LogP contribution in [0, 0.1) is 23.0 Å². The Balaban J connectivity index is 1.59. The third-order valence-corrected chi connectivity index (χ3v) is 7.24. The van der Waals surface area contributed by atoms with Crippen molar-refractivity contribution in [2.24, 2.45) is 13.0 Å². The van der Waals surface area contributed by atoms with Gasteiger partial charge in [0.15, 0.2) is 5.76 Å². The van der Waals surface area contributed by atoms with Crippen LogP contribution in [0.15, 0.2) is 65.3 Å². The van der Waals surface area contributed by atoms with Crippen LogP contribution < -0.4 is 16.2 Å². The van der Waals surface area contributed by atoms with Gasteiger partial charge in [0.2, 0.25) is 6.29 Å². The number of aromatic nitrogens is 3. The lowest BCUT2D eigenvalue weighted by Gasteiger charge is -2.36. The van der Waals surface area contributed by atoms with E-state index in [-0.39, 0.29) is 36.1 Å². The molecule has 224 valence electrons. The Morgan fingerprint density at radius 3 is 2.62 bits per heavy atom. The highest BCUT2D eigenvalue weighted by molar-refractivity contribution is 5.91. The van der Waals surface area contributed by atoms with Crippen LogP contribution in [0.5, 0.6) is 0 Å². The Hall–Kier alpha value is -4.49. The number of nitrogens with zero attached hydrogens (tertiary/aromatic N) is 4. The topological polar surface area (TPSA) is 163 Å². The van der Waals surface area contributed by atoms with Crippen LogP contribution >= 0.6 is 0 Å². The second kappa shape index (κ2) is 13.9. The molecule has 1 aliphatic rings. The summed E-state index contributed by atoms with van der Waals surface area (Å²) >= 11 is 0. The van der Waals surface area contributed by atoms with Gasteiger partial charge in [-0.1, -0.05) is 18.2 Å². The molecule has 0 saturated carbocycles. The maximum absolute atomic E-state index is 13.9. The van der Waals surface area contributed by atoms with Gasteiger partial charge in [-0.15, -0.1) is 0 Å². The van der Waals surface area contributed by atoms with E-state index < -0.39 is 23.0 Å². The number of aliphatic hydroxyl groups is 1. The monoisotopic (exact) mass is 580 g/mol. The van der Waals surface area contributed by atoms with E-state index in [0.29, 0.717) is 37.4 Å². The molecule has 0 bridgehead atoms. The van der Waals surface area contributed by atoms with Crippen molar-refractivity contribution in [3.63, 3.8) is 0 Å². The third-order valence-electron chi connectivity index (χ3n) is 7.24. The molecule has 3 atom stereocenters. The second-order valence-electron chi connectivity index (χ2n) is 9.84. The first-order chi connectivity index (χ1) is 20.3. The highest BCUT2D eigenvalue weighted by Gasteiger charge is 2.40. The van der Waals surface area contributed by atoms with Crippen LogP contribution in [-0.4, -0.2) is 62.9 Å². The smallest absolute Gasteiger partial charge is 0.287 e. The highest BCUT2D eigenvalue weighted by atomic mass is 16.7. The van der Waals surface area contributed by atoms with E-state index in [4.69, 9.17) is 9.47 Å². The van der Waals surface area contributed by atoms with E-state index in [2.05, 4.69) is 15.6 Å². The number of aliphatic hydroxyl groups excluding tert-OH is 1. The molecule has 3 N–H and O–H groups in total. The van der Waals surface area contributed by atoms with Crippen LogP contribution in [0.2, 0.25) is 0 Å². The number of ether oxygens (including phenoxy) is 2. The van der Waals surface area contributed by atoms with Crippen LogP contribution in [0.25, 0.3) is 5.69 Å². The zero-order chi connectivity index (χ0) is 30.2. The number of nitro groups is 1. The molecular weight excluding hydrogens is 544 g/mol. The fraction of sp³-hybridized carbons (Fsp3) is 0.414. The lowest BCUT2D eigenvalue weighted by Crippen LogP contribution is -2.41. The molecule has 4 rings (SSSR count). The quantitative estimate of drug-likeness (QED) is 0.157. The summed E-state index contributed by atoms with van der Waals surface area (Å²) in [6.07, 6.45) is 3.02. The van der Waals surface area contributed by atoms with Gasteiger partial charge < -0.3 is 25.2 Å². The Bertz CT molecular complexity index is 1470. The number of allylic oxidation sites excluding steroid dienone is 1. The molecule has 2 aromatic heterocycles. The van der Waals surface area contributed by atoms with Gasteiger partial charge in [0, 0.05) is 62.5 Å². The molecule has 0 saturated heterocycles. The van der Waals surface area contributed by atoms with E-state index in [0.717, 1.165) is 17.6 Å². The molecule has 0 radical (unpaired) electrons. The molecule has 0 unspecified atom stereocenters. The zero-order valence-corrected chi connectivity index (χ0v) is 23.9. The molecule has 3 heterocycles. The number of pyridine rings is 1. The maximum atomic E-state index is 13.9. The fourth-order valence-electron chi connectivity index (χ4n) is 5.12. The fourth-order valence-corrected chi connectivity index (χ4v) is 5.12. The van der Waals surface area contributed by atoms with Crippen molar-refractivity contribution in [1.29, 1.82) is 0 Å². The largest absolute Gasteiger partial charge is 0.459 e. The molecule has 42 heavy (non-hydrogen) atoms. The normalized spacial score (nSPS) is 18.2. The van der Waals surface area contributed by atoms with Crippen LogP contribution in [0.1, 0.15) is 36.9 Å². The molecule has 1 amide bonds. The van der Waals surface area contributed by atoms with Gasteiger partial charge in [-0.3, -0.25) is 24.4 Å². The molecule has 0 aliphatic carbocycles. The lowest BCUT2D eigenvalue weighted by molar-refractivity contribution is -0.385. The second-order valence-corrected chi connectivity index (χ2v) is 9.84. The van der Waals surface area contributed by atoms with E-state index in [1.807, 2.05) is 51.2 Å². The van der Waals surface area contributed by atoms with Crippen molar-refractivity contribution in [3.8, 4) is 5.69 Å². The Labute approximate surface area is 242 Å². The van der Waals surface area contributed by atoms with Crippen LogP contribution in [0.4, 0.5) is 11.5 Å². The number of carbonyl (C=O) groups excluding carboxylic acids is 1. The van der Waals surface area contributed by atoms with Gasteiger partial charge in [-0.2, -0.15) is 0 Å². The lowest BCUT2D eigenvalue weighted by atomic mass is 9.80. The number of rotatable bonds is 13. The first-order valence-electron chi connectivity index (χ1n) is 13.8. The molecular formula is C29H36N6O7. The molecule has 1 aliphatic heterocycles. The Morgan fingerprint density at radius 1 is 1.21 bits per heavy atom. The average molecular weight is 581 g/mol. The van der Waals surface area contributed by atoms with E-state index in [1.54, 1.807) is 15.4 Å². The summed E-state index contributed by atoms with van der Waals surface area (Å²) in [6.45, 7) is 4.51. The van der Waals surface area contributed by atoms with E-state index >= 15 is 0 Å². The van der Waals surface area contributed by atoms with Crippen molar-refractivity contribution in [3.05, 3.63) is 92.2 Å². The molecule has 0 spiro atoms. The predicted octanol–water partition coefficient (Wildman–Crippen LogP) is 2.76. The predicted molar refractivity (Wildman–Crippen MR) is 155 cm³/mol. The standard InChI is InChI=1S/C29H36N6O7/c1-4-41-29-22(11-8-16-36)23(26-19(2)33(3)34(28(26)38)20-9-6-5-7-10-20)17-24(42-29)27(37)31-15-14-30-25-13-12-21(18-32-25)35(39)40/h5-7,9-10,12-13,17-18,22-23,29,36H,4,8,11,14-16H2,1-3H3,(H,30,32)(H,31,37)/t22-,23+,29-/m1/s1. The Morgan fingerprint density at radius 2 is 1.98 bits per heavy atom. The van der Waals surface area contributed by atoms with E-state index in [1.165, 1.54) is 12.1 Å². The number of para-hydroxylation sites is 1. The summed E-state index contributed by atoms with van der Waals surface area (Å²) in [7, 11) is 1.82. The van der Waals surface area contributed by atoms with Crippen LogP contribution in [-0.2, 0) is 21.3 Å². The van der Waals surface area contributed by atoms with Gasteiger partial charge in [0.1, 0.15) is 12.0 Å². The average Bonchev–Trinajstić information content (AvgIpc) is 3.21. The minimum absolute atomic E-state index is 0.0300. The first kappa shape index (κ1) is 30.5. The maximum Gasteiger partial charge on any atom is 0.287 e. The molecule has 1 aromatic carbocycles. The summed E-state index contributed by atoms with van der Waals surface area (Å²) < 4.78 is 15.4. The van der Waals surface area contributed by atoms with Gasteiger partial charge in [-0.25, -0.2) is 9.67 Å². The van der Waals surface area contributed by atoms with Crippen molar-refractivity contribution < 1.29 is 24.3 Å². The van der Waals surface area contributed by atoms with Crippen molar-refractivity contribution in [2.75, 3.05) is 31.6 Å². The third kappa shape index (κ3) is 6.69. The number of carbonyl (C=O) groups is 1. The molecule has 3 aromatic rings. The van der Waals surface area contributed by atoms with Crippen molar-refractivity contribution in [1.82, 2.24) is 19.7 Å². The number of anilines is 1. The van der Waals surface area contributed by atoms with E-state index in [9.17, 15) is 24.8 Å². The summed E-state index contributed by atoms with van der Waals surface area (Å²) in [5.41, 5.74) is 1.68. The number of hydrogen-bond donors (Lipinski definition) is 3. The van der Waals surface area contributed by atoms with Crippen LogP contribution in [0.3, 0.4) is 0 Å². The minimum atomic E-state index is -0.802. The zero-order valence-electron chi connectivity index (χ0n) is 23.9. The highest BCUT2D eigenvalue weighted by Crippen LogP contribution is 2.39. The van der Waals surface area contributed by atoms with Gasteiger partial charge in [0.25, 0.3) is 17.2 Å². The first-order valence-corrected chi connectivity index (χ1v) is 13.8. The number of hydrogen-bond acceptors (Lipinski definition) is 9. The van der Waals surface area contributed by atoms with Gasteiger partial charge in [0.05, 0.1) is 10.6 Å².